The number of benzene rings is 1. The highest BCUT2D eigenvalue weighted by Gasteiger charge is 2.40. The number of anilines is 1. The van der Waals surface area contributed by atoms with Gasteiger partial charge in [-0.2, -0.15) is 5.10 Å². The molecule has 0 aliphatic carbocycles. The molecule has 1 amide bonds. The van der Waals surface area contributed by atoms with Gasteiger partial charge in [-0.05, 0) is 17.5 Å². The predicted molar refractivity (Wildman–Crippen MR) is 96.4 cm³/mol. The molecule has 1 fully saturated rings. The number of rotatable bonds is 6. The predicted octanol–water partition coefficient (Wildman–Crippen LogP) is 3.16. The Morgan fingerprint density at radius 1 is 1.32 bits per heavy atom. The first-order valence-electron chi connectivity index (χ1n) is 8.76. The Hall–Kier alpha value is -2.18. The number of aromatic nitrogens is 2. The number of carbonyl (C=O) groups excluding carboxylic acids is 1. The molecule has 1 aromatic heterocycles. The second kappa shape index (κ2) is 7.80. The Morgan fingerprint density at radius 3 is 2.68 bits per heavy atom. The molecule has 25 heavy (non-hydrogen) atoms. The Kier molecular flexibility index (Phi) is 5.50. The number of methoxy groups -OCH3 is 1. The van der Waals surface area contributed by atoms with E-state index in [1.54, 1.807) is 7.11 Å². The van der Waals surface area contributed by atoms with E-state index in [9.17, 15) is 4.79 Å². The summed E-state index contributed by atoms with van der Waals surface area (Å²) in [6.07, 6.45) is 3.30. The van der Waals surface area contributed by atoms with Crippen LogP contribution >= 0.6 is 0 Å². The van der Waals surface area contributed by atoms with Gasteiger partial charge in [0, 0.05) is 39.2 Å². The SMILES string of the molecule is CCCc1ccc(-c2cc(NC(=O)C3(OC)CCOCC3)n[nH]2)cc1. The van der Waals surface area contributed by atoms with E-state index in [4.69, 9.17) is 9.47 Å². The molecule has 0 spiro atoms. The molecular weight excluding hydrogens is 318 g/mol. The summed E-state index contributed by atoms with van der Waals surface area (Å²) in [5.41, 5.74) is 2.40. The number of nitrogens with one attached hydrogen (secondary N) is 2. The summed E-state index contributed by atoms with van der Waals surface area (Å²) in [4.78, 5) is 12.6. The Bertz CT molecular complexity index is 703. The zero-order chi connectivity index (χ0) is 17.7. The van der Waals surface area contributed by atoms with Crippen molar-refractivity contribution in [1.82, 2.24) is 10.2 Å². The summed E-state index contributed by atoms with van der Waals surface area (Å²) in [6, 6.07) is 10.2. The van der Waals surface area contributed by atoms with Gasteiger partial charge in [0.15, 0.2) is 11.4 Å². The number of H-pyrrole nitrogens is 1. The Balaban J connectivity index is 1.69. The molecule has 1 aliphatic rings. The van der Waals surface area contributed by atoms with E-state index in [-0.39, 0.29) is 5.91 Å². The fourth-order valence-corrected chi connectivity index (χ4v) is 3.13. The standard InChI is InChI=1S/C19H25N3O3/c1-3-4-14-5-7-15(8-6-14)16-13-17(22-21-16)20-18(23)19(24-2)9-11-25-12-10-19/h5-8,13H,3-4,9-12H2,1-2H3,(H2,20,21,22,23). The van der Waals surface area contributed by atoms with E-state index >= 15 is 0 Å². The summed E-state index contributed by atoms with van der Waals surface area (Å²) in [6.45, 7) is 3.22. The lowest BCUT2D eigenvalue weighted by molar-refractivity contribution is -0.149. The van der Waals surface area contributed by atoms with Crippen molar-refractivity contribution in [1.29, 1.82) is 0 Å². The van der Waals surface area contributed by atoms with Gasteiger partial charge in [0.1, 0.15) is 0 Å². The minimum absolute atomic E-state index is 0.172. The van der Waals surface area contributed by atoms with Crippen LogP contribution in [0.4, 0.5) is 5.82 Å². The molecule has 2 N–H and O–H groups in total. The molecule has 3 rings (SSSR count). The third-order valence-corrected chi connectivity index (χ3v) is 4.73. The highest BCUT2D eigenvalue weighted by Crippen LogP contribution is 2.27. The maximum Gasteiger partial charge on any atom is 0.257 e. The van der Waals surface area contributed by atoms with Crippen molar-refractivity contribution >= 4 is 11.7 Å². The molecule has 6 nitrogen and oxygen atoms in total. The molecule has 0 bridgehead atoms. The molecule has 0 atom stereocenters. The quantitative estimate of drug-likeness (QED) is 0.845. The minimum Gasteiger partial charge on any atom is -0.381 e. The zero-order valence-corrected chi connectivity index (χ0v) is 14.8. The van der Waals surface area contributed by atoms with Gasteiger partial charge in [-0.15, -0.1) is 0 Å². The molecule has 1 aliphatic heterocycles. The number of ether oxygens (including phenoxy) is 2. The van der Waals surface area contributed by atoms with Crippen LogP contribution in [-0.2, 0) is 20.7 Å². The van der Waals surface area contributed by atoms with Gasteiger partial charge in [-0.25, -0.2) is 0 Å². The highest BCUT2D eigenvalue weighted by molar-refractivity contribution is 5.97. The van der Waals surface area contributed by atoms with Gasteiger partial charge in [-0.3, -0.25) is 9.89 Å². The van der Waals surface area contributed by atoms with Crippen molar-refractivity contribution in [2.75, 3.05) is 25.6 Å². The van der Waals surface area contributed by atoms with E-state index in [1.165, 1.54) is 5.56 Å². The van der Waals surface area contributed by atoms with Gasteiger partial charge >= 0.3 is 0 Å². The van der Waals surface area contributed by atoms with Crippen LogP contribution in [0.3, 0.4) is 0 Å². The fourth-order valence-electron chi connectivity index (χ4n) is 3.13. The summed E-state index contributed by atoms with van der Waals surface area (Å²) in [7, 11) is 1.57. The molecule has 2 heterocycles. The number of carbonyl (C=O) groups is 1. The number of aromatic amines is 1. The average molecular weight is 343 g/mol. The van der Waals surface area contributed by atoms with Crippen molar-refractivity contribution in [2.24, 2.45) is 0 Å². The molecule has 2 aromatic rings. The average Bonchev–Trinajstić information content (AvgIpc) is 3.11. The molecule has 0 radical (unpaired) electrons. The second-order valence-electron chi connectivity index (χ2n) is 6.38. The second-order valence-corrected chi connectivity index (χ2v) is 6.38. The van der Waals surface area contributed by atoms with Crippen LogP contribution in [0.25, 0.3) is 11.3 Å². The molecule has 134 valence electrons. The van der Waals surface area contributed by atoms with Crippen molar-refractivity contribution in [3.63, 3.8) is 0 Å². The van der Waals surface area contributed by atoms with E-state index in [0.717, 1.165) is 24.1 Å². The van der Waals surface area contributed by atoms with Crippen LogP contribution in [0.15, 0.2) is 30.3 Å². The van der Waals surface area contributed by atoms with Crippen molar-refractivity contribution in [3.8, 4) is 11.3 Å². The smallest absolute Gasteiger partial charge is 0.257 e. The lowest BCUT2D eigenvalue weighted by Crippen LogP contribution is -2.48. The monoisotopic (exact) mass is 343 g/mol. The van der Waals surface area contributed by atoms with E-state index in [1.807, 2.05) is 6.07 Å². The summed E-state index contributed by atoms with van der Waals surface area (Å²) in [5.74, 6) is 0.329. The summed E-state index contributed by atoms with van der Waals surface area (Å²) >= 11 is 0. The maximum absolute atomic E-state index is 12.6. The van der Waals surface area contributed by atoms with Crippen molar-refractivity contribution in [2.45, 2.75) is 38.2 Å². The largest absolute Gasteiger partial charge is 0.381 e. The number of hydrogen-bond acceptors (Lipinski definition) is 4. The normalized spacial score (nSPS) is 16.6. The lowest BCUT2D eigenvalue weighted by atomic mass is 9.93. The van der Waals surface area contributed by atoms with E-state index < -0.39 is 5.60 Å². The minimum atomic E-state index is -0.834. The lowest BCUT2D eigenvalue weighted by Gasteiger charge is -2.33. The van der Waals surface area contributed by atoms with Gasteiger partial charge in [-0.1, -0.05) is 37.6 Å². The van der Waals surface area contributed by atoms with E-state index in [0.29, 0.717) is 31.9 Å². The zero-order valence-electron chi connectivity index (χ0n) is 14.8. The van der Waals surface area contributed by atoms with Crippen molar-refractivity contribution < 1.29 is 14.3 Å². The van der Waals surface area contributed by atoms with Crippen LogP contribution < -0.4 is 5.32 Å². The molecular formula is C19H25N3O3. The van der Waals surface area contributed by atoms with Crippen LogP contribution in [0.1, 0.15) is 31.7 Å². The van der Waals surface area contributed by atoms with E-state index in [2.05, 4.69) is 46.7 Å². The third kappa shape index (κ3) is 3.91. The number of nitrogens with zero attached hydrogens (tertiary/aromatic N) is 1. The molecule has 6 heteroatoms. The Morgan fingerprint density at radius 2 is 2.04 bits per heavy atom. The number of hydrogen-bond donors (Lipinski definition) is 2. The number of amides is 1. The maximum atomic E-state index is 12.6. The van der Waals surface area contributed by atoms with Gasteiger partial charge < -0.3 is 14.8 Å². The summed E-state index contributed by atoms with van der Waals surface area (Å²) < 4.78 is 10.8. The topological polar surface area (TPSA) is 76.2 Å². The molecule has 1 aromatic carbocycles. The molecule has 1 saturated heterocycles. The first-order valence-corrected chi connectivity index (χ1v) is 8.76. The van der Waals surface area contributed by atoms with Crippen LogP contribution in [0, 0.1) is 0 Å². The first-order chi connectivity index (χ1) is 12.2. The fraction of sp³-hybridized carbons (Fsp3) is 0.474. The number of aryl methyl sites for hydroxylation is 1. The van der Waals surface area contributed by atoms with Gasteiger partial charge in [0.25, 0.3) is 5.91 Å². The van der Waals surface area contributed by atoms with Gasteiger partial charge in [0.2, 0.25) is 0 Å². The van der Waals surface area contributed by atoms with Gasteiger partial charge in [0.05, 0.1) is 5.69 Å². The van der Waals surface area contributed by atoms with Crippen LogP contribution in [0.2, 0.25) is 0 Å². The van der Waals surface area contributed by atoms with Crippen LogP contribution in [-0.4, -0.2) is 42.0 Å². The highest BCUT2D eigenvalue weighted by atomic mass is 16.5. The first kappa shape index (κ1) is 17.6. The molecule has 0 saturated carbocycles. The third-order valence-electron chi connectivity index (χ3n) is 4.73. The Labute approximate surface area is 147 Å². The van der Waals surface area contributed by atoms with Crippen molar-refractivity contribution in [3.05, 3.63) is 35.9 Å². The molecule has 0 unspecified atom stereocenters. The summed E-state index contributed by atoms with van der Waals surface area (Å²) in [5, 5.41) is 10.1. The van der Waals surface area contributed by atoms with Crippen LogP contribution in [0.5, 0.6) is 0 Å².